The van der Waals surface area contributed by atoms with Crippen LogP contribution in [-0.2, 0) is 5.41 Å². The third-order valence-corrected chi connectivity index (χ3v) is 13.2. The SMILES string of the molecule is CC1(C)c2ccccc2-c2c(-c3ccccc3N(c3ccc(-c4ccc5ccccc5c4)cc3)c3ccccc3-c3ccc4c(c3)sc3ccccc34)cccc21. The second-order valence-corrected chi connectivity index (χ2v) is 16.8. The zero-order chi connectivity index (χ0) is 38.1. The van der Waals surface area contributed by atoms with Crippen molar-refractivity contribution in [2.24, 2.45) is 0 Å². The van der Waals surface area contributed by atoms with Gasteiger partial charge in [-0.05, 0) is 97.7 Å². The van der Waals surface area contributed by atoms with Crippen LogP contribution in [0.15, 0.2) is 200 Å². The minimum absolute atomic E-state index is 0.0903. The number of rotatable bonds is 6. The average Bonchev–Trinajstić information content (AvgIpc) is 3.75. The molecule has 1 aliphatic carbocycles. The summed E-state index contributed by atoms with van der Waals surface area (Å²) in [6.07, 6.45) is 0. The van der Waals surface area contributed by atoms with Gasteiger partial charge in [-0.1, -0.05) is 172 Å². The highest BCUT2D eigenvalue weighted by Crippen LogP contribution is 2.54. The van der Waals surface area contributed by atoms with Gasteiger partial charge in [0.15, 0.2) is 0 Å². The fourth-order valence-corrected chi connectivity index (χ4v) is 10.4. The number of para-hydroxylation sites is 2. The van der Waals surface area contributed by atoms with E-state index in [0.717, 1.165) is 17.1 Å². The van der Waals surface area contributed by atoms with Crippen LogP contribution in [0, 0.1) is 0 Å². The molecule has 10 aromatic rings. The van der Waals surface area contributed by atoms with Gasteiger partial charge in [0.05, 0.1) is 11.4 Å². The van der Waals surface area contributed by atoms with E-state index in [1.54, 1.807) is 0 Å². The Morgan fingerprint density at radius 1 is 0.386 bits per heavy atom. The number of fused-ring (bicyclic) bond motifs is 7. The van der Waals surface area contributed by atoms with Gasteiger partial charge in [0.1, 0.15) is 0 Å². The first kappa shape index (κ1) is 33.6. The van der Waals surface area contributed by atoms with Crippen molar-refractivity contribution < 1.29 is 0 Å². The Morgan fingerprint density at radius 3 is 1.82 bits per heavy atom. The molecule has 0 fully saturated rings. The van der Waals surface area contributed by atoms with Crippen LogP contribution in [0.25, 0.3) is 75.5 Å². The molecule has 0 spiro atoms. The quantitative estimate of drug-likeness (QED) is 0.164. The first-order chi connectivity index (χ1) is 28.0. The molecule has 1 heterocycles. The van der Waals surface area contributed by atoms with Crippen LogP contribution in [0.3, 0.4) is 0 Å². The summed E-state index contributed by atoms with van der Waals surface area (Å²) in [4.78, 5) is 2.48. The lowest BCUT2D eigenvalue weighted by Crippen LogP contribution is -2.15. The molecule has 0 saturated carbocycles. The number of benzene rings is 9. The van der Waals surface area contributed by atoms with Gasteiger partial charge in [-0.25, -0.2) is 0 Å². The second kappa shape index (κ2) is 13.2. The van der Waals surface area contributed by atoms with Gasteiger partial charge in [-0.15, -0.1) is 11.3 Å². The summed E-state index contributed by atoms with van der Waals surface area (Å²) >= 11 is 1.87. The third-order valence-electron chi connectivity index (χ3n) is 12.1. The Bertz CT molecular complexity index is 3170. The number of nitrogens with zero attached hydrogens (tertiary/aromatic N) is 1. The van der Waals surface area contributed by atoms with Crippen LogP contribution in [-0.4, -0.2) is 0 Å². The molecule has 1 aromatic heterocycles. The summed E-state index contributed by atoms with van der Waals surface area (Å²) in [6, 6.07) is 74.0. The Balaban J connectivity index is 1.12. The molecule has 9 aromatic carbocycles. The van der Waals surface area contributed by atoms with Gasteiger partial charge in [-0.3, -0.25) is 0 Å². The van der Waals surface area contributed by atoms with Crippen molar-refractivity contribution in [1.82, 2.24) is 0 Å². The topological polar surface area (TPSA) is 3.24 Å². The predicted molar refractivity (Wildman–Crippen MR) is 245 cm³/mol. The lowest BCUT2D eigenvalue weighted by Gasteiger charge is -2.30. The lowest BCUT2D eigenvalue weighted by atomic mass is 9.82. The maximum absolute atomic E-state index is 2.48. The lowest BCUT2D eigenvalue weighted by molar-refractivity contribution is 0.660. The van der Waals surface area contributed by atoms with Crippen LogP contribution >= 0.6 is 11.3 Å². The molecule has 57 heavy (non-hydrogen) atoms. The van der Waals surface area contributed by atoms with Gasteiger partial charge in [0, 0.05) is 42.4 Å². The van der Waals surface area contributed by atoms with Crippen LogP contribution in [0.5, 0.6) is 0 Å². The van der Waals surface area contributed by atoms with E-state index in [0.29, 0.717) is 0 Å². The molecule has 0 amide bonds. The summed E-state index contributed by atoms with van der Waals surface area (Å²) < 4.78 is 2.62. The molecular formula is C55H39NS. The molecule has 0 atom stereocenters. The summed E-state index contributed by atoms with van der Waals surface area (Å²) in [5.41, 5.74) is 16.0. The minimum atomic E-state index is -0.0903. The molecule has 2 heteroatoms. The van der Waals surface area contributed by atoms with Gasteiger partial charge >= 0.3 is 0 Å². The van der Waals surface area contributed by atoms with E-state index in [1.165, 1.54) is 86.6 Å². The van der Waals surface area contributed by atoms with Gasteiger partial charge < -0.3 is 4.90 Å². The zero-order valence-corrected chi connectivity index (χ0v) is 32.7. The van der Waals surface area contributed by atoms with E-state index < -0.39 is 0 Å². The van der Waals surface area contributed by atoms with Crippen molar-refractivity contribution in [2.75, 3.05) is 4.90 Å². The van der Waals surface area contributed by atoms with Crippen LogP contribution < -0.4 is 4.90 Å². The molecule has 270 valence electrons. The fourth-order valence-electron chi connectivity index (χ4n) is 9.26. The molecule has 1 nitrogen and oxygen atoms in total. The fraction of sp³-hybridized carbons (Fsp3) is 0.0545. The summed E-state index contributed by atoms with van der Waals surface area (Å²) in [6.45, 7) is 4.72. The standard InChI is InChI=1S/C55H39NS/c1-55(2)48-21-9-5-19-47(48)54-46(20-13-22-49(54)55)43-17-7-11-24-51(43)56(41-31-28-37(29-32-41)39-27-26-36-14-3-4-15-38(36)34-39)50-23-10-6-16-42(50)40-30-33-45-44-18-8-12-25-52(44)57-53(45)35-40/h3-35H,1-2H3. The van der Waals surface area contributed by atoms with Gasteiger partial charge in [0.2, 0.25) is 0 Å². The first-order valence-electron chi connectivity index (χ1n) is 19.8. The molecule has 0 radical (unpaired) electrons. The van der Waals surface area contributed by atoms with Crippen molar-refractivity contribution in [3.8, 4) is 44.5 Å². The summed E-state index contributed by atoms with van der Waals surface area (Å²) in [5.74, 6) is 0. The van der Waals surface area contributed by atoms with Gasteiger partial charge in [-0.2, -0.15) is 0 Å². The van der Waals surface area contributed by atoms with Crippen molar-refractivity contribution in [3.63, 3.8) is 0 Å². The molecule has 1 aliphatic rings. The number of hydrogen-bond acceptors (Lipinski definition) is 2. The Kier molecular flexibility index (Phi) is 7.77. The highest BCUT2D eigenvalue weighted by Gasteiger charge is 2.37. The maximum atomic E-state index is 2.48. The van der Waals surface area contributed by atoms with Crippen molar-refractivity contribution in [3.05, 3.63) is 211 Å². The Hall–Kier alpha value is -6.74. The smallest absolute Gasteiger partial charge is 0.0540 e. The van der Waals surface area contributed by atoms with Crippen molar-refractivity contribution in [1.29, 1.82) is 0 Å². The van der Waals surface area contributed by atoms with Crippen molar-refractivity contribution >= 4 is 59.3 Å². The van der Waals surface area contributed by atoms with E-state index in [1.807, 2.05) is 11.3 Å². The van der Waals surface area contributed by atoms with E-state index in [2.05, 4.69) is 219 Å². The largest absolute Gasteiger partial charge is 0.309 e. The Morgan fingerprint density at radius 2 is 0.982 bits per heavy atom. The molecule has 0 unspecified atom stereocenters. The third kappa shape index (κ3) is 5.44. The molecular weight excluding hydrogens is 707 g/mol. The summed E-state index contributed by atoms with van der Waals surface area (Å²) in [7, 11) is 0. The van der Waals surface area contributed by atoms with E-state index in [4.69, 9.17) is 0 Å². The van der Waals surface area contributed by atoms with Crippen LogP contribution in [0.2, 0.25) is 0 Å². The van der Waals surface area contributed by atoms with Crippen molar-refractivity contribution in [2.45, 2.75) is 19.3 Å². The molecule has 0 aliphatic heterocycles. The monoisotopic (exact) mass is 745 g/mol. The molecule has 0 bridgehead atoms. The second-order valence-electron chi connectivity index (χ2n) is 15.7. The number of anilines is 3. The summed E-state index contributed by atoms with van der Waals surface area (Å²) in [5, 5.41) is 5.13. The van der Waals surface area contributed by atoms with E-state index in [-0.39, 0.29) is 5.41 Å². The molecule has 0 N–H and O–H groups in total. The normalized spacial score (nSPS) is 12.9. The highest BCUT2D eigenvalue weighted by atomic mass is 32.1. The maximum Gasteiger partial charge on any atom is 0.0540 e. The van der Waals surface area contributed by atoms with Crippen LogP contribution in [0.4, 0.5) is 17.1 Å². The minimum Gasteiger partial charge on any atom is -0.309 e. The highest BCUT2D eigenvalue weighted by molar-refractivity contribution is 7.25. The van der Waals surface area contributed by atoms with E-state index >= 15 is 0 Å². The predicted octanol–water partition coefficient (Wildman–Crippen LogP) is 16.0. The first-order valence-corrected chi connectivity index (χ1v) is 20.6. The molecule has 11 rings (SSSR count). The zero-order valence-electron chi connectivity index (χ0n) is 31.9. The number of thiophene rings is 1. The Labute approximate surface area is 337 Å². The average molecular weight is 746 g/mol. The van der Waals surface area contributed by atoms with E-state index in [9.17, 15) is 0 Å². The van der Waals surface area contributed by atoms with Gasteiger partial charge in [0.25, 0.3) is 0 Å². The van der Waals surface area contributed by atoms with Crippen LogP contribution in [0.1, 0.15) is 25.0 Å². The molecule has 0 saturated heterocycles. The number of hydrogen-bond donors (Lipinski definition) is 0.